The van der Waals surface area contributed by atoms with Gasteiger partial charge in [0.1, 0.15) is 5.69 Å². The van der Waals surface area contributed by atoms with Crippen molar-refractivity contribution in [3.05, 3.63) is 73.6 Å². The zero-order valence-electron chi connectivity index (χ0n) is 16.3. The maximum Gasteiger partial charge on any atom is 0.293 e. The van der Waals surface area contributed by atoms with Gasteiger partial charge in [-0.1, -0.05) is 29.8 Å². The van der Waals surface area contributed by atoms with E-state index in [1.54, 1.807) is 36.4 Å². The number of hydrogen-bond donors (Lipinski definition) is 0. The predicted octanol–water partition coefficient (Wildman–Crippen LogP) is 4.32. The van der Waals surface area contributed by atoms with Crippen LogP contribution in [0.2, 0.25) is 5.02 Å². The molecule has 2 heterocycles. The molecule has 0 N–H and O–H groups in total. The smallest absolute Gasteiger partial charge is 0.293 e. The van der Waals surface area contributed by atoms with Gasteiger partial charge in [-0.05, 0) is 47.2 Å². The molecule has 0 bridgehead atoms. The lowest BCUT2D eigenvalue weighted by atomic mass is 10.1. The zero-order chi connectivity index (χ0) is 22.0. The second-order valence-corrected chi connectivity index (χ2v) is 8.43. The number of amides is 2. The number of carbonyl (C=O) groups is 2. The number of halogens is 1. The first-order chi connectivity index (χ1) is 14.9. The molecule has 2 fully saturated rings. The van der Waals surface area contributed by atoms with E-state index in [0.29, 0.717) is 42.6 Å². The lowest BCUT2D eigenvalue weighted by Gasteiger charge is -2.28. The van der Waals surface area contributed by atoms with Crippen molar-refractivity contribution in [2.45, 2.75) is 6.54 Å². The van der Waals surface area contributed by atoms with Crippen LogP contribution in [0.1, 0.15) is 11.1 Å². The Kier molecular flexibility index (Phi) is 6.26. The molecule has 2 aromatic carbocycles. The lowest BCUT2D eigenvalue weighted by molar-refractivity contribution is -0.384. The van der Waals surface area contributed by atoms with Crippen LogP contribution >= 0.6 is 23.4 Å². The van der Waals surface area contributed by atoms with E-state index in [1.807, 2.05) is 4.90 Å². The second-order valence-electron chi connectivity index (χ2n) is 7.00. The third-order valence-corrected chi connectivity index (χ3v) is 6.09. The largest absolute Gasteiger partial charge is 0.378 e. The normalized spacial score (nSPS) is 18.2. The highest BCUT2D eigenvalue weighted by Gasteiger charge is 2.35. The molecule has 0 spiro atoms. The molecular formula is C21H18ClN3O5S. The maximum atomic E-state index is 12.8. The van der Waals surface area contributed by atoms with Crippen LogP contribution in [-0.4, -0.2) is 47.3 Å². The monoisotopic (exact) mass is 459 g/mol. The fourth-order valence-electron chi connectivity index (χ4n) is 3.45. The molecule has 31 heavy (non-hydrogen) atoms. The molecule has 10 heteroatoms. The Hall–Kier alpha value is -2.88. The number of anilines is 1. The molecule has 4 rings (SSSR count). The van der Waals surface area contributed by atoms with Crippen molar-refractivity contribution in [1.29, 1.82) is 0 Å². The minimum atomic E-state index is -0.437. The first kappa shape index (κ1) is 21.4. The van der Waals surface area contributed by atoms with Crippen LogP contribution in [0.25, 0.3) is 6.08 Å². The van der Waals surface area contributed by atoms with Gasteiger partial charge in [-0.15, -0.1) is 0 Å². The maximum absolute atomic E-state index is 12.8. The van der Waals surface area contributed by atoms with Crippen molar-refractivity contribution in [3.63, 3.8) is 0 Å². The minimum absolute atomic E-state index is 0.0474. The number of carbonyl (C=O) groups excluding carboxylic acids is 2. The van der Waals surface area contributed by atoms with Gasteiger partial charge in [0, 0.05) is 24.2 Å². The predicted molar refractivity (Wildman–Crippen MR) is 119 cm³/mol. The summed E-state index contributed by atoms with van der Waals surface area (Å²) < 4.78 is 5.31. The third-order valence-electron chi connectivity index (χ3n) is 4.95. The van der Waals surface area contributed by atoms with Gasteiger partial charge in [0.2, 0.25) is 0 Å². The summed E-state index contributed by atoms with van der Waals surface area (Å²) >= 11 is 6.79. The van der Waals surface area contributed by atoms with E-state index >= 15 is 0 Å². The van der Waals surface area contributed by atoms with E-state index in [0.717, 1.165) is 22.2 Å². The standard InChI is InChI=1S/C21H18ClN3O5S/c22-16-3-1-2-15(10-16)13-24-20(26)19(31-21(24)27)12-14-4-5-17(18(11-14)25(28)29)23-6-8-30-9-7-23/h1-5,10-12H,6-9,13H2/b19-12-. The Morgan fingerprint density at radius 3 is 2.65 bits per heavy atom. The van der Waals surface area contributed by atoms with Crippen LogP contribution in [-0.2, 0) is 16.1 Å². The van der Waals surface area contributed by atoms with Crippen molar-refractivity contribution in [2.24, 2.45) is 0 Å². The summed E-state index contributed by atoms with van der Waals surface area (Å²) in [6.07, 6.45) is 1.51. The molecule has 2 aliphatic heterocycles. The van der Waals surface area contributed by atoms with Gasteiger partial charge in [-0.3, -0.25) is 24.6 Å². The summed E-state index contributed by atoms with van der Waals surface area (Å²) in [4.78, 5) is 39.6. The third kappa shape index (κ3) is 4.73. The van der Waals surface area contributed by atoms with Crippen molar-refractivity contribution in [2.75, 3.05) is 31.2 Å². The average Bonchev–Trinajstić information content (AvgIpc) is 3.01. The summed E-state index contributed by atoms with van der Waals surface area (Å²) in [5, 5.41) is 11.8. The minimum Gasteiger partial charge on any atom is -0.378 e. The molecule has 0 aromatic heterocycles. The Bertz CT molecular complexity index is 1080. The van der Waals surface area contributed by atoms with Crippen molar-refractivity contribution in [3.8, 4) is 0 Å². The molecule has 2 amide bonds. The van der Waals surface area contributed by atoms with Crippen LogP contribution in [0.15, 0.2) is 47.4 Å². The molecule has 2 aliphatic rings. The fourth-order valence-corrected chi connectivity index (χ4v) is 4.50. The van der Waals surface area contributed by atoms with Crippen molar-refractivity contribution < 1.29 is 19.2 Å². The number of rotatable bonds is 5. The van der Waals surface area contributed by atoms with Crippen LogP contribution in [0.5, 0.6) is 0 Å². The first-order valence-corrected chi connectivity index (χ1v) is 10.7. The van der Waals surface area contributed by atoms with Crippen molar-refractivity contribution >= 4 is 52.0 Å². The van der Waals surface area contributed by atoms with E-state index in [-0.39, 0.29) is 17.1 Å². The number of thioether (sulfide) groups is 1. The van der Waals surface area contributed by atoms with Gasteiger partial charge in [-0.25, -0.2) is 0 Å². The molecule has 2 saturated heterocycles. The molecule has 2 aromatic rings. The van der Waals surface area contributed by atoms with E-state index < -0.39 is 16.1 Å². The first-order valence-electron chi connectivity index (χ1n) is 9.53. The van der Waals surface area contributed by atoms with E-state index in [1.165, 1.54) is 12.1 Å². The number of morpholine rings is 1. The summed E-state index contributed by atoms with van der Waals surface area (Å²) in [6, 6.07) is 11.8. The quantitative estimate of drug-likeness (QED) is 0.373. The topological polar surface area (TPSA) is 93.0 Å². The molecule has 0 radical (unpaired) electrons. The van der Waals surface area contributed by atoms with Crippen molar-refractivity contribution in [1.82, 2.24) is 4.90 Å². The highest BCUT2D eigenvalue weighted by molar-refractivity contribution is 8.18. The number of benzene rings is 2. The molecular weight excluding hydrogens is 442 g/mol. The van der Waals surface area contributed by atoms with Gasteiger partial charge in [0.15, 0.2) is 0 Å². The molecule has 0 saturated carbocycles. The summed E-state index contributed by atoms with van der Waals surface area (Å²) in [5.41, 5.74) is 1.69. The molecule has 0 aliphatic carbocycles. The highest BCUT2D eigenvalue weighted by atomic mass is 35.5. The van der Waals surface area contributed by atoms with Crippen LogP contribution in [0.3, 0.4) is 0 Å². The number of nitrogens with zero attached hydrogens (tertiary/aromatic N) is 3. The van der Waals surface area contributed by atoms with Gasteiger partial charge < -0.3 is 9.64 Å². The Morgan fingerprint density at radius 1 is 1.16 bits per heavy atom. The van der Waals surface area contributed by atoms with Crippen LogP contribution in [0, 0.1) is 10.1 Å². The number of ether oxygens (including phenoxy) is 1. The number of nitro groups is 1. The van der Waals surface area contributed by atoms with E-state index in [2.05, 4.69) is 0 Å². The second kappa shape index (κ2) is 9.09. The number of hydrogen-bond acceptors (Lipinski definition) is 7. The summed E-state index contributed by atoms with van der Waals surface area (Å²) in [6.45, 7) is 2.28. The number of nitro benzene ring substituents is 1. The summed E-state index contributed by atoms with van der Waals surface area (Å²) in [5.74, 6) is -0.435. The van der Waals surface area contributed by atoms with Gasteiger partial charge in [0.05, 0.1) is 29.6 Å². The number of imide groups is 1. The van der Waals surface area contributed by atoms with Gasteiger partial charge >= 0.3 is 0 Å². The van der Waals surface area contributed by atoms with Crippen LogP contribution in [0.4, 0.5) is 16.2 Å². The van der Waals surface area contributed by atoms with Gasteiger partial charge in [-0.2, -0.15) is 0 Å². The lowest BCUT2D eigenvalue weighted by Crippen LogP contribution is -2.36. The Balaban J connectivity index is 1.58. The van der Waals surface area contributed by atoms with E-state index in [9.17, 15) is 19.7 Å². The van der Waals surface area contributed by atoms with Gasteiger partial charge in [0.25, 0.3) is 16.8 Å². The Morgan fingerprint density at radius 2 is 1.94 bits per heavy atom. The molecule has 160 valence electrons. The molecule has 0 unspecified atom stereocenters. The zero-order valence-corrected chi connectivity index (χ0v) is 17.9. The molecule has 8 nitrogen and oxygen atoms in total. The SMILES string of the molecule is O=C1S/C(=C\c2ccc(N3CCOCC3)c([N+](=O)[O-])c2)C(=O)N1Cc1cccc(Cl)c1. The molecule has 0 atom stereocenters. The Labute approximate surface area is 187 Å². The average molecular weight is 460 g/mol. The highest BCUT2D eigenvalue weighted by Crippen LogP contribution is 2.35. The van der Waals surface area contributed by atoms with E-state index in [4.69, 9.17) is 16.3 Å². The van der Waals surface area contributed by atoms with Crippen LogP contribution < -0.4 is 4.90 Å². The fraction of sp³-hybridized carbons (Fsp3) is 0.238. The summed E-state index contributed by atoms with van der Waals surface area (Å²) in [7, 11) is 0.